The second-order valence-electron chi connectivity index (χ2n) is 4.73. The molecule has 20 heavy (non-hydrogen) atoms. The molecule has 0 atom stereocenters. The highest BCUT2D eigenvalue weighted by molar-refractivity contribution is 5.74. The lowest BCUT2D eigenvalue weighted by molar-refractivity contribution is 0.941. The molecule has 0 spiro atoms. The molecule has 0 aliphatic heterocycles. The minimum absolute atomic E-state index is 0.808. The van der Waals surface area contributed by atoms with Crippen LogP contribution in [0.2, 0.25) is 0 Å². The van der Waals surface area contributed by atoms with Crippen molar-refractivity contribution < 1.29 is 0 Å². The van der Waals surface area contributed by atoms with Crippen LogP contribution in [0.25, 0.3) is 22.6 Å². The molecule has 0 unspecified atom stereocenters. The van der Waals surface area contributed by atoms with Crippen molar-refractivity contribution in [3.8, 4) is 11.3 Å². The van der Waals surface area contributed by atoms with Gasteiger partial charge in [0.25, 0.3) is 0 Å². The van der Waals surface area contributed by atoms with Gasteiger partial charge in [0.15, 0.2) is 5.65 Å². The number of nitrogens with zero attached hydrogens (tertiary/aromatic N) is 3. The molecular weight excluding hydrogens is 248 g/mol. The molecule has 0 aliphatic rings. The maximum atomic E-state index is 4.70. The first-order valence-electron chi connectivity index (χ1n) is 6.47. The summed E-state index contributed by atoms with van der Waals surface area (Å²) < 4.78 is 1.76. The van der Waals surface area contributed by atoms with E-state index in [0.717, 1.165) is 28.2 Å². The number of nitrogens with one attached hydrogen (secondary N) is 1. The standard InChI is InChI=1S/C16H16N4/c1-11-4-6-13(7-5-11)15-8-9-20-16(19-15)14(10-18-20)12(2)17-3/h4-10,17H,2H2,1,3H3. The van der Waals surface area contributed by atoms with Crippen LogP contribution in [-0.4, -0.2) is 21.6 Å². The van der Waals surface area contributed by atoms with Crippen LogP contribution in [0.3, 0.4) is 0 Å². The maximum absolute atomic E-state index is 4.70. The summed E-state index contributed by atoms with van der Waals surface area (Å²) >= 11 is 0. The Balaban J connectivity index is 2.14. The SMILES string of the molecule is C=C(NC)c1cnn2ccc(-c3ccc(C)cc3)nc12. The molecule has 0 saturated heterocycles. The molecule has 3 aromatic rings. The number of aromatic nitrogens is 3. The van der Waals surface area contributed by atoms with Gasteiger partial charge in [0, 0.05) is 24.5 Å². The number of rotatable bonds is 3. The van der Waals surface area contributed by atoms with Gasteiger partial charge >= 0.3 is 0 Å². The Morgan fingerprint density at radius 2 is 1.95 bits per heavy atom. The van der Waals surface area contributed by atoms with Crippen LogP contribution >= 0.6 is 0 Å². The number of hydrogen-bond donors (Lipinski definition) is 1. The highest BCUT2D eigenvalue weighted by atomic mass is 15.2. The summed E-state index contributed by atoms with van der Waals surface area (Å²) in [6, 6.07) is 10.3. The Morgan fingerprint density at radius 1 is 1.20 bits per heavy atom. The smallest absolute Gasteiger partial charge is 0.164 e. The second kappa shape index (κ2) is 4.81. The third kappa shape index (κ3) is 2.05. The van der Waals surface area contributed by atoms with E-state index in [-0.39, 0.29) is 0 Å². The lowest BCUT2D eigenvalue weighted by atomic mass is 10.1. The molecule has 100 valence electrons. The van der Waals surface area contributed by atoms with Gasteiger partial charge in [-0.3, -0.25) is 0 Å². The number of fused-ring (bicyclic) bond motifs is 1. The fourth-order valence-electron chi connectivity index (χ4n) is 2.10. The van der Waals surface area contributed by atoms with Gasteiger partial charge in [-0.1, -0.05) is 36.4 Å². The predicted octanol–water partition coefficient (Wildman–Crippen LogP) is 2.89. The van der Waals surface area contributed by atoms with E-state index in [1.807, 2.05) is 19.3 Å². The molecule has 4 heteroatoms. The molecular formula is C16H16N4. The van der Waals surface area contributed by atoms with E-state index in [2.05, 4.69) is 48.2 Å². The summed E-state index contributed by atoms with van der Waals surface area (Å²) in [6.45, 7) is 6.05. The van der Waals surface area contributed by atoms with E-state index < -0.39 is 0 Å². The Bertz CT molecular complexity index is 769. The highest BCUT2D eigenvalue weighted by Crippen LogP contribution is 2.21. The van der Waals surface area contributed by atoms with Crippen molar-refractivity contribution in [2.45, 2.75) is 6.92 Å². The zero-order chi connectivity index (χ0) is 14.1. The zero-order valence-corrected chi connectivity index (χ0v) is 11.6. The fourth-order valence-corrected chi connectivity index (χ4v) is 2.10. The number of benzene rings is 1. The number of hydrogen-bond acceptors (Lipinski definition) is 3. The summed E-state index contributed by atoms with van der Waals surface area (Å²) in [7, 11) is 1.84. The lowest BCUT2D eigenvalue weighted by Gasteiger charge is -2.05. The lowest BCUT2D eigenvalue weighted by Crippen LogP contribution is -2.03. The first-order valence-corrected chi connectivity index (χ1v) is 6.47. The highest BCUT2D eigenvalue weighted by Gasteiger charge is 2.09. The van der Waals surface area contributed by atoms with Crippen molar-refractivity contribution in [1.29, 1.82) is 0 Å². The van der Waals surface area contributed by atoms with Crippen LogP contribution in [0.4, 0.5) is 0 Å². The predicted molar refractivity (Wildman–Crippen MR) is 81.3 cm³/mol. The van der Waals surface area contributed by atoms with E-state index >= 15 is 0 Å². The van der Waals surface area contributed by atoms with Crippen LogP contribution in [-0.2, 0) is 0 Å². The van der Waals surface area contributed by atoms with Crippen molar-refractivity contribution in [3.05, 3.63) is 60.4 Å². The van der Waals surface area contributed by atoms with Gasteiger partial charge in [-0.05, 0) is 13.0 Å². The van der Waals surface area contributed by atoms with E-state index in [1.165, 1.54) is 5.56 Å². The minimum Gasteiger partial charge on any atom is -0.388 e. The van der Waals surface area contributed by atoms with Gasteiger partial charge in [0.2, 0.25) is 0 Å². The topological polar surface area (TPSA) is 42.2 Å². The van der Waals surface area contributed by atoms with Crippen LogP contribution in [0.15, 0.2) is 49.3 Å². The van der Waals surface area contributed by atoms with E-state index in [4.69, 9.17) is 4.98 Å². The first kappa shape index (κ1) is 12.4. The van der Waals surface area contributed by atoms with Crippen molar-refractivity contribution in [2.75, 3.05) is 7.05 Å². The van der Waals surface area contributed by atoms with Crippen LogP contribution < -0.4 is 5.32 Å². The van der Waals surface area contributed by atoms with E-state index in [0.29, 0.717) is 0 Å². The van der Waals surface area contributed by atoms with E-state index in [1.54, 1.807) is 10.7 Å². The minimum atomic E-state index is 0.808. The second-order valence-corrected chi connectivity index (χ2v) is 4.73. The maximum Gasteiger partial charge on any atom is 0.164 e. The summed E-state index contributed by atoms with van der Waals surface area (Å²) in [4.78, 5) is 4.70. The van der Waals surface area contributed by atoms with Crippen molar-refractivity contribution in [1.82, 2.24) is 19.9 Å². The largest absolute Gasteiger partial charge is 0.388 e. The van der Waals surface area contributed by atoms with Crippen molar-refractivity contribution >= 4 is 11.3 Å². The molecule has 0 radical (unpaired) electrons. The average molecular weight is 264 g/mol. The molecule has 0 saturated carbocycles. The Kier molecular flexibility index (Phi) is 2.99. The van der Waals surface area contributed by atoms with Crippen LogP contribution in [0.5, 0.6) is 0 Å². The molecule has 0 bridgehead atoms. The normalized spacial score (nSPS) is 10.7. The molecule has 1 N–H and O–H groups in total. The molecule has 3 rings (SSSR count). The van der Waals surface area contributed by atoms with Crippen LogP contribution in [0, 0.1) is 6.92 Å². The van der Waals surface area contributed by atoms with Gasteiger partial charge < -0.3 is 5.32 Å². The molecule has 2 aromatic heterocycles. The monoisotopic (exact) mass is 264 g/mol. The molecule has 1 aromatic carbocycles. The molecule has 4 nitrogen and oxygen atoms in total. The molecule has 2 heterocycles. The molecule has 0 fully saturated rings. The zero-order valence-electron chi connectivity index (χ0n) is 11.6. The fraction of sp³-hybridized carbons (Fsp3) is 0.125. The van der Waals surface area contributed by atoms with Gasteiger partial charge in [-0.25, -0.2) is 9.50 Å². The number of aryl methyl sites for hydroxylation is 1. The van der Waals surface area contributed by atoms with Gasteiger partial charge in [0.1, 0.15) is 0 Å². The van der Waals surface area contributed by atoms with Gasteiger partial charge in [0.05, 0.1) is 17.5 Å². The van der Waals surface area contributed by atoms with Gasteiger partial charge in [-0.15, -0.1) is 0 Å². The van der Waals surface area contributed by atoms with Crippen molar-refractivity contribution in [2.24, 2.45) is 0 Å². The molecule has 0 amide bonds. The third-order valence-corrected chi connectivity index (χ3v) is 3.34. The van der Waals surface area contributed by atoms with Crippen LogP contribution in [0.1, 0.15) is 11.1 Å². The summed E-state index contributed by atoms with van der Waals surface area (Å²) in [6.07, 6.45) is 3.70. The summed E-state index contributed by atoms with van der Waals surface area (Å²) in [5.41, 5.74) is 5.81. The Hall–Kier alpha value is -2.62. The van der Waals surface area contributed by atoms with Gasteiger partial charge in [-0.2, -0.15) is 5.10 Å². The Morgan fingerprint density at radius 3 is 2.65 bits per heavy atom. The quantitative estimate of drug-likeness (QED) is 0.791. The first-order chi connectivity index (χ1) is 9.69. The summed E-state index contributed by atoms with van der Waals surface area (Å²) in [5, 5.41) is 7.33. The van der Waals surface area contributed by atoms with E-state index in [9.17, 15) is 0 Å². The molecule has 0 aliphatic carbocycles. The third-order valence-electron chi connectivity index (χ3n) is 3.34. The van der Waals surface area contributed by atoms with Crippen molar-refractivity contribution in [3.63, 3.8) is 0 Å². The average Bonchev–Trinajstić information content (AvgIpc) is 2.90. The Labute approximate surface area is 117 Å². The summed E-state index contributed by atoms with van der Waals surface area (Å²) in [5.74, 6) is 0.